The molecule has 1 aromatic heterocycles. The van der Waals surface area contributed by atoms with Crippen molar-refractivity contribution in [3.63, 3.8) is 0 Å². The first-order valence-corrected chi connectivity index (χ1v) is 5.29. The number of nitrogens with zero attached hydrogens (tertiary/aromatic N) is 2. The highest BCUT2D eigenvalue weighted by Crippen LogP contribution is 2.29. The smallest absolute Gasteiger partial charge is 0.121 e. The summed E-state index contributed by atoms with van der Waals surface area (Å²) in [5.74, 6) is 0.857. The SMILES string of the molecule is Cc1nonc1CNC(C)C1CCC1. The van der Waals surface area contributed by atoms with Crippen LogP contribution in [0, 0.1) is 12.8 Å². The Bertz CT molecular complexity index is 293. The Morgan fingerprint density at radius 2 is 2.29 bits per heavy atom. The normalized spacial score (nSPS) is 19.3. The molecule has 4 nitrogen and oxygen atoms in total. The van der Waals surface area contributed by atoms with Gasteiger partial charge in [-0.2, -0.15) is 0 Å². The molecule has 0 amide bonds. The van der Waals surface area contributed by atoms with Gasteiger partial charge in [0.1, 0.15) is 11.4 Å². The molecule has 0 radical (unpaired) electrons. The maximum absolute atomic E-state index is 4.64. The van der Waals surface area contributed by atoms with Gasteiger partial charge in [0.15, 0.2) is 0 Å². The Hall–Kier alpha value is -0.900. The van der Waals surface area contributed by atoms with E-state index in [1.54, 1.807) is 0 Å². The minimum atomic E-state index is 0.583. The van der Waals surface area contributed by atoms with Gasteiger partial charge < -0.3 is 5.32 Å². The second-order valence-corrected chi connectivity index (χ2v) is 4.16. The van der Waals surface area contributed by atoms with Crippen molar-refractivity contribution < 1.29 is 4.63 Å². The average Bonchev–Trinajstić information content (AvgIpc) is 2.44. The Morgan fingerprint density at radius 1 is 1.50 bits per heavy atom. The highest BCUT2D eigenvalue weighted by molar-refractivity contribution is 5.04. The van der Waals surface area contributed by atoms with E-state index in [4.69, 9.17) is 0 Å². The topological polar surface area (TPSA) is 51.0 Å². The summed E-state index contributed by atoms with van der Waals surface area (Å²) in [4.78, 5) is 0. The van der Waals surface area contributed by atoms with Crippen LogP contribution in [0.4, 0.5) is 0 Å². The summed E-state index contributed by atoms with van der Waals surface area (Å²) in [6.07, 6.45) is 4.12. The molecule has 1 heterocycles. The van der Waals surface area contributed by atoms with Gasteiger partial charge in [0.2, 0.25) is 0 Å². The molecule has 2 rings (SSSR count). The van der Waals surface area contributed by atoms with Gasteiger partial charge >= 0.3 is 0 Å². The maximum atomic E-state index is 4.64. The lowest BCUT2D eigenvalue weighted by Gasteiger charge is -2.31. The number of hydrogen-bond acceptors (Lipinski definition) is 4. The first-order valence-electron chi connectivity index (χ1n) is 5.29. The average molecular weight is 195 g/mol. The van der Waals surface area contributed by atoms with E-state index in [1.165, 1.54) is 19.3 Å². The summed E-state index contributed by atoms with van der Waals surface area (Å²) in [7, 11) is 0. The van der Waals surface area contributed by atoms with Crippen LogP contribution in [0.3, 0.4) is 0 Å². The van der Waals surface area contributed by atoms with Gasteiger partial charge in [0, 0.05) is 12.6 Å². The molecule has 1 aliphatic carbocycles. The van der Waals surface area contributed by atoms with E-state index in [1.807, 2.05) is 6.92 Å². The number of hydrogen-bond donors (Lipinski definition) is 1. The molecule has 1 aliphatic rings. The summed E-state index contributed by atoms with van der Waals surface area (Å²) in [6, 6.07) is 0.583. The van der Waals surface area contributed by atoms with Gasteiger partial charge in [-0.05, 0) is 32.6 Å². The summed E-state index contributed by atoms with van der Waals surface area (Å²) in [5, 5.41) is 11.1. The van der Waals surface area contributed by atoms with Gasteiger partial charge in [-0.25, -0.2) is 4.63 Å². The first-order chi connectivity index (χ1) is 6.77. The number of nitrogens with one attached hydrogen (secondary N) is 1. The predicted octanol–water partition coefficient (Wildman–Crippen LogP) is 1.66. The Balaban J connectivity index is 1.79. The summed E-state index contributed by atoms with van der Waals surface area (Å²) in [5.41, 5.74) is 1.81. The van der Waals surface area contributed by atoms with E-state index in [0.717, 1.165) is 23.9 Å². The van der Waals surface area contributed by atoms with Crippen molar-refractivity contribution in [1.29, 1.82) is 0 Å². The number of aromatic nitrogens is 2. The molecule has 1 N–H and O–H groups in total. The van der Waals surface area contributed by atoms with E-state index in [2.05, 4.69) is 27.2 Å². The monoisotopic (exact) mass is 195 g/mol. The number of rotatable bonds is 4. The van der Waals surface area contributed by atoms with Crippen molar-refractivity contribution in [2.45, 2.75) is 45.7 Å². The standard InChI is InChI=1S/C10H17N3O/c1-7(9-4-3-5-9)11-6-10-8(2)12-14-13-10/h7,9,11H,3-6H2,1-2H3. The fraction of sp³-hybridized carbons (Fsp3) is 0.800. The lowest BCUT2D eigenvalue weighted by molar-refractivity contribution is 0.238. The molecule has 0 bridgehead atoms. The van der Waals surface area contributed by atoms with Crippen molar-refractivity contribution in [1.82, 2.24) is 15.6 Å². The lowest BCUT2D eigenvalue weighted by atomic mass is 9.80. The van der Waals surface area contributed by atoms with Gasteiger partial charge in [-0.1, -0.05) is 16.7 Å². The highest BCUT2D eigenvalue weighted by Gasteiger charge is 2.23. The van der Waals surface area contributed by atoms with Crippen molar-refractivity contribution >= 4 is 0 Å². The molecule has 0 aromatic carbocycles. The van der Waals surface area contributed by atoms with Crippen LogP contribution in [0.5, 0.6) is 0 Å². The Labute approximate surface area is 84.0 Å². The molecule has 1 atom stereocenters. The largest absolute Gasteiger partial charge is 0.308 e. The zero-order chi connectivity index (χ0) is 9.97. The van der Waals surface area contributed by atoms with Crippen LogP contribution in [0.15, 0.2) is 4.63 Å². The maximum Gasteiger partial charge on any atom is 0.121 e. The molecule has 0 saturated heterocycles. The van der Waals surface area contributed by atoms with E-state index in [0.29, 0.717) is 6.04 Å². The van der Waals surface area contributed by atoms with Crippen molar-refractivity contribution in [2.24, 2.45) is 5.92 Å². The number of aryl methyl sites for hydroxylation is 1. The van der Waals surface area contributed by atoms with E-state index < -0.39 is 0 Å². The van der Waals surface area contributed by atoms with E-state index in [-0.39, 0.29) is 0 Å². The van der Waals surface area contributed by atoms with Crippen molar-refractivity contribution in [3.05, 3.63) is 11.4 Å². The summed E-state index contributed by atoms with van der Waals surface area (Å²) < 4.78 is 4.64. The third kappa shape index (κ3) is 1.95. The van der Waals surface area contributed by atoms with Crippen LogP contribution in [0.2, 0.25) is 0 Å². The lowest BCUT2D eigenvalue weighted by Crippen LogP contribution is -2.36. The van der Waals surface area contributed by atoms with Crippen LogP contribution in [0.25, 0.3) is 0 Å². The van der Waals surface area contributed by atoms with E-state index in [9.17, 15) is 0 Å². The fourth-order valence-corrected chi connectivity index (χ4v) is 1.77. The second-order valence-electron chi connectivity index (χ2n) is 4.16. The first kappa shape index (κ1) is 9.65. The third-order valence-corrected chi connectivity index (χ3v) is 3.19. The molecule has 0 aliphatic heterocycles. The van der Waals surface area contributed by atoms with Gasteiger partial charge in [0.25, 0.3) is 0 Å². The molecule has 1 unspecified atom stereocenters. The van der Waals surface area contributed by atoms with Gasteiger partial charge in [0.05, 0.1) is 0 Å². The van der Waals surface area contributed by atoms with Crippen LogP contribution >= 0.6 is 0 Å². The predicted molar refractivity (Wildman–Crippen MR) is 52.7 cm³/mol. The van der Waals surface area contributed by atoms with Gasteiger partial charge in [-0.15, -0.1) is 0 Å². The zero-order valence-electron chi connectivity index (χ0n) is 8.79. The van der Waals surface area contributed by atoms with Crippen molar-refractivity contribution in [2.75, 3.05) is 0 Å². The molecule has 1 aromatic rings. The quantitative estimate of drug-likeness (QED) is 0.793. The van der Waals surface area contributed by atoms with Crippen LogP contribution in [0.1, 0.15) is 37.6 Å². The van der Waals surface area contributed by atoms with Gasteiger partial charge in [-0.3, -0.25) is 0 Å². The molecular formula is C10H17N3O. The molecule has 1 fully saturated rings. The fourth-order valence-electron chi connectivity index (χ4n) is 1.77. The molecule has 14 heavy (non-hydrogen) atoms. The van der Waals surface area contributed by atoms with Crippen LogP contribution in [-0.2, 0) is 6.54 Å². The van der Waals surface area contributed by atoms with Crippen molar-refractivity contribution in [3.8, 4) is 0 Å². The molecule has 1 saturated carbocycles. The molecule has 0 spiro atoms. The summed E-state index contributed by atoms with van der Waals surface area (Å²) >= 11 is 0. The summed E-state index contributed by atoms with van der Waals surface area (Å²) in [6.45, 7) is 4.93. The third-order valence-electron chi connectivity index (χ3n) is 3.19. The van der Waals surface area contributed by atoms with Crippen LogP contribution in [-0.4, -0.2) is 16.4 Å². The Kier molecular flexibility index (Phi) is 2.82. The molecule has 78 valence electrons. The highest BCUT2D eigenvalue weighted by atomic mass is 16.6. The molecule has 4 heteroatoms. The molecular weight excluding hydrogens is 178 g/mol. The second kappa shape index (κ2) is 4.09. The zero-order valence-corrected chi connectivity index (χ0v) is 8.79. The minimum Gasteiger partial charge on any atom is -0.308 e. The van der Waals surface area contributed by atoms with Crippen LogP contribution < -0.4 is 5.32 Å². The minimum absolute atomic E-state index is 0.583. The Morgan fingerprint density at radius 3 is 2.79 bits per heavy atom. The van der Waals surface area contributed by atoms with E-state index >= 15 is 0 Å².